The highest BCUT2D eigenvalue weighted by atomic mass is 79.9. The molecule has 1 aromatic heterocycles. The second-order valence-corrected chi connectivity index (χ2v) is 12.9. The Bertz CT molecular complexity index is 1460. The molecule has 2 fully saturated rings. The number of anilines is 1. The molecule has 7 nitrogen and oxygen atoms in total. The van der Waals surface area contributed by atoms with E-state index in [9.17, 15) is 18.4 Å². The number of nitrogens with zero attached hydrogens (tertiary/aromatic N) is 2. The lowest BCUT2D eigenvalue weighted by atomic mass is 9.92. The number of halogens is 4. The van der Waals surface area contributed by atoms with Crippen LogP contribution in [-0.2, 0) is 22.6 Å². The van der Waals surface area contributed by atoms with Crippen molar-refractivity contribution in [2.75, 3.05) is 5.32 Å². The fraction of sp³-hybridized carbons (Fsp3) is 0.469. The number of benzene rings is 2. The zero-order chi connectivity index (χ0) is 30.8. The van der Waals surface area contributed by atoms with Crippen LogP contribution in [0.3, 0.4) is 0 Å². The molecule has 5 rings (SSSR count). The molecule has 2 aliphatic rings. The molecular weight excluding hydrogens is 644 g/mol. The first-order valence-electron chi connectivity index (χ1n) is 14.6. The summed E-state index contributed by atoms with van der Waals surface area (Å²) in [6.07, 6.45) is 5.40. The van der Waals surface area contributed by atoms with Gasteiger partial charge in [0.2, 0.25) is 5.91 Å². The molecule has 0 saturated heterocycles. The number of nitrogens with one attached hydrogen (secondary N) is 1. The summed E-state index contributed by atoms with van der Waals surface area (Å²) in [6.45, 7) is 2.67. The van der Waals surface area contributed by atoms with Crippen LogP contribution in [0.5, 0.6) is 5.75 Å². The quantitative estimate of drug-likeness (QED) is 0.196. The Morgan fingerprint density at radius 2 is 1.77 bits per heavy atom. The molecule has 230 valence electrons. The Kier molecular flexibility index (Phi) is 9.76. The SMILES string of the molecule is CCc1cc(CN(C(=O)CC(C2CC2)C2CC2)C(C(=O)Nc2c(C)cc(Br)cc2C)c2ccc(OC(F)F)c(Cl)c2)no1. The summed E-state index contributed by atoms with van der Waals surface area (Å²) in [5, 5.41) is 7.11. The molecule has 0 aliphatic heterocycles. The third-order valence-corrected chi connectivity index (χ3v) is 9.02. The number of carbonyl (C=O) groups excluding carboxylic acids is 2. The molecule has 0 radical (unpaired) electrons. The Morgan fingerprint density at radius 3 is 2.30 bits per heavy atom. The van der Waals surface area contributed by atoms with Gasteiger partial charge in [-0.2, -0.15) is 8.78 Å². The number of amides is 2. The van der Waals surface area contributed by atoms with Crippen molar-refractivity contribution in [3.05, 3.63) is 74.0 Å². The van der Waals surface area contributed by atoms with Crippen molar-refractivity contribution >= 4 is 45.0 Å². The number of ether oxygens (including phenoxy) is 1. The normalized spacial score (nSPS) is 15.6. The number of aryl methyl sites for hydroxylation is 3. The zero-order valence-corrected chi connectivity index (χ0v) is 26.7. The van der Waals surface area contributed by atoms with Crippen molar-refractivity contribution in [3.63, 3.8) is 0 Å². The monoisotopic (exact) mass is 677 g/mol. The van der Waals surface area contributed by atoms with Crippen molar-refractivity contribution in [1.29, 1.82) is 0 Å². The van der Waals surface area contributed by atoms with Gasteiger partial charge in [0.05, 0.1) is 11.6 Å². The summed E-state index contributed by atoms with van der Waals surface area (Å²) in [6, 6.07) is 8.63. The maximum Gasteiger partial charge on any atom is 0.387 e. The molecule has 3 aromatic rings. The van der Waals surface area contributed by atoms with E-state index in [1.807, 2.05) is 32.9 Å². The van der Waals surface area contributed by atoms with Gasteiger partial charge in [-0.3, -0.25) is 9.59 Å². The second kappa shape index (κ2) is 13.3. The third-order valence-electron chi connectivity index (χ3n) is 8.27. The highest BCUT2D eigenvalue weighted by Crippen LogP contribution is 2.51. The highest BCUT2D eigenvalue weighted by Gasteiger charge is 2.44. The maximum absolute atomic E-state index is 14.3. The zero-order valence-electron chi connectivity index (χ0n) is 24.3. The van der Waals surface area contributed by atoms with E-state index in [1.165, 1.54) is 23.1 Å². The van der Waals surface area contributed by atoms with Crippen molar-refractivity contribution in [3.8, 4) is 5.75 Å². The predicted octanol–water partition coefficient (Wildman–Crippen LogP) is 8.41. The predicted molar refractivity (Wildman–Crippen MR) is 163 cm³/mol. The van der Waals surface area contributed by atoms with Gasteiger partial charge in [0, 0.05) is 29.1 Å². The van der Waals surface area contributed by atoms with Gasteiger partial charge in [-0.25, -0.2) is 0 Å². The van der Waals surface area contributed by atoms with Crippen LogP contribution in [0.15, 0.2) is 45.4 Å². The van der Waals surface area contributed by atoms with E-state index >= 15 is 0 Å². The first-order chi connectivity index (χ1) is 20.5. The van der Waals surface area contributed by atoms with E-state index in [-0.39, 0.29) is 29.1 Å². The standard InChI is InChI=1S/C32H35BrClF2N3O4/c1-4-24-14-23(38-43-24)16-39(28(40)15-25(19-5-6-19)20-7-8-20)30(21-9-10-27(26(34)13-21)42-32(35)36)31(41)37-29-17(2)11-22(33)12-18(29)3/h9-14,19-20,25,30,32H,4-8,15-16H2,1-3H3,(H,37,41). The number of rotatable bonds is 13. The van der Waals surface area contributed by atoms with Crippen LogP contribution in [0.25, 0.3) is 0 Å². The smallest absolute Gasteiger partial charge is 0.387 e. The fourth-order valence-corrected chi connectivity index (χ4v) is 6.75. The average Bonchev–Trinajstić information content (AvgIpc) is 3.89. The van der Waals surface area contributed by atoms with Gasteiger partial charge < -0.3 is 19.5 Å². The Labute approximate surface area is 263 Å². The molecule has 1 heterocycles. The number of hydrogen-bond donors (Lipinski definition) is 1. The van der Waals surface area contributed by atoms with Gasteiger partial charge in [0.1, 0.15) is 23.2 Å². The molecule has 43 heavy (non-hydrogen) atoms. The topological polar surface area (TPSA) is 84.7 Å². The van der Waals surface area contributed by atoms with E-state index in [0.29, 0.717) is 47.4 Å². The molecule has 0 spiro atoms. The van der Waals surface area contributed by atoms with Crippen LogP contribution >= 0.6 is 27.5 Å². The molecule has 2 aliphatic carbocycles. The van der Waals surface area contributed by atoms with Crippen LogP contribution in [0, 0.1) is 31.6 Å². The number of hydrogen-bond acceptors (Lipinski definition) is 5. The lowest BCUT2D eigenvalue weighted by Crippen LogP contribution is -2.42. The van der Waals surface area contributed by atoms with Crippen LogP contribution < -0.4 is 10.1 Å². The minimum Gasteiger partial charge on any atom is -0.433 e. The first kappa shape index (κ1) is 31.4. The number of alkyl halides is 2. The number of aromatic nitrogens is 1. The van der Waals surface area contributed by atoms with E-state index in [4.69, 9.17) is 16.1 Å². The Hall–Kier alpha value is -2.98. The summed E-state index contributed by atoms with van der Waals surface area (Å²) in [5.41, 5.74) is 3.16. The molecule has 1 atom stereocenters. The van der Waals surface area contributed by atoms with Gasteiger partial charge >= 0.3 is 6.61 Å². The van der Waals surface area contributed by atoms with Crippen molar-refractivity contribution in [2.24, 2.45) is 17.8 Å². The van der Waals surface area contributed by atoms with E-state index < -0.39 is 18.6 Å². The Balaban J connectivity index is 1.56. The minimum absolute atomic E-state index is 0.0215. The van der Waals surface area contributed by atoms with Crippen molar-refractivity contribution in [1.82, 2.24) is 10.1 Å². The summed E-state index contributed by atoms with van der Waals surface area (Å²) in [5.74, 6) is 1.12. The van der Waals surface area contributed by atoms with Crippen LogP contribution in [0.4, 0.5) is 14.5 Å². The fourth-order valence-electron chi connectivity index (χ4n) is 5.83. The van der Waals surface area contributed by atoms with E-state index in [1.54, 1.807) is 6.07 Å². The lowest BCUT2D eigenvalue weighted by Gasteiger charge is -2.32. The third kappa shape index (κ3) is 7.76. The van der Waals surface area contributed by atoms with Crippen molar-refractivity contribution < 1.29 is 27.6 Å². The summed E-state index contributed by atoms with van der Waals surface area (Å²) < 4.78 is 36.8. The van der Waals surface area contributed by atoms with Crippen LogP contribution in [-0.4, -0.2) is 28.5 Å². The van der Waals surface area contributed by atoms with E-state index in [2.05, 4.69) is 31.1 Å². The van der Waals surface area contributed by atoms with Gasteiger partial charge in [0.25, 0.3) is 5.91 Å². The van der Waals surface area contributed by atoms with Crippen LogP contribution in [0.2, 0.25) is 5.02 Å². The first-order valence-corrected chi connectivity index (χ1v) is 15.8. The summed E-state index contributed by atoms with van der Waals surface area (Å²) >= 11 is 9.87. The minimum atomic E-state index is -3.06. The van der Waals surface area contributed by atoms with Gasteiger partial charge in [0.15, 0.2) is 0 Å². The van der Waals surface area contributed by atoms with Gasteiger partial charge in [-0.1, -0.05) is 45.7 Å². The molecule has 1 N–H and O–H groups in total. The molecular formula is C32H35BrClF2N3O4. The highest BCUT2D eigenvalue weighted by molar-refractivity contribution is 9.10. The molecule has 11 heteroatoms. The molecule has 0 bridgehead atoms. The summed E-state index contributed by atoms with van der Waals surface area (Å²) in [7, 11) is 0. The molecule has 2 saturated carbocycles. The average molecular weight is 679 g/mol. The maximum atomic E-state index is 14.3. The van der Waals surface area contributed by atoms with E-state index in [0.717, 1.165) is 41.3 Å². The lowest BCUT2D eigenvalue weighted by molar-refractivity contribution is -0.141. The van der Waals surface area contributed by atoms with Gasteiger partial charge in [-0.05, 0) is 98.2 Å². The second-order valence-electron chi connectivity index (χ2n) is 11.6. The summed E-state index contributed by atoms with van der Waals surface area (Å²) in [4.78, 5) is 30.1. The molecule has 2 amide bonds. The molecule has 2 aromatic carbocycles. The molecule has 1 unspecified atom stereocenters. The largest absolute Gasteiger partial charge is 0.433 e. The Morgan fingerprint density at radius 1 is 1.12 bits per heavy atom. The van der Waals surface area contributed by atoms with Gasteiger partial charge in [-0.15, -0.1) is 0 Å². The number of carbonyl (C=O) groups is 2. The van der Waals surface area contributed by atoms with Crippen molar-refractivity contribution in [2.45, 2.75) is 78.5 Å². The van der Waals surface area contributed by atoms with Crippen LogP contribution in [0.1, 0.15) is 73.2 Å².